The largest absolute Gasteiger partial charge is 0.411 e. The molecule has 0 aromatic heterocycles. The number of nitrogens with zero attached hydrogens (tertiary/aromatic N) is 1. The van der Waals surface area contributed by atoms with Gasteiger partial charge in [-0.05, 0) is 56.9 Å². The SMILES string of the molecule is C/C(=N\O)c1c(C)cc(C)c(C)c1C. The molecule has 1 aromatic carbocycles. The van der Waals surface area contributed by atoms with Gasteiger partial charge in [0.15, 0.2) is 0 Å². The highest BCUT2D eigenvalue weighted by Gasteiger charge is 2.10. The zero-order chi connectivity index (χ0) is 10.9. The summed E-state index contributed by atoms with van der Waals surface area (Å²) in [6.07, 6.45) is 0. The fourth-order valence-electron chi connectivity index (χ4n) is 1.89. The quantitative estimate of drug-likeness (QED) is 0.413. The van der Waals surface area contributed by atoms with Crippen LogP contribution in [-0.2, 0) is 0 Å². The van der Waals surface area contributed by atoms with E-state index in [0.29, 0.717) is 5.71 Å². The summed E-state index contributed by atoms with van der Waals surface area (Å²) in [6, 6.07) is 2.13. The number of rotatable bonds is 1. The molecule has 14 heavy (non-hydrogen) atoms. The Bertz CT molecular complexity index is 392. The average Bonchev–Trinajstić information content (AvgIpc) is 2.14. The van der Waals surface area contributed by atoms with Crippen molar-refractivity contribution in [1.82, 2.24) is 0 Å². The Morgan fingerprint density at radius 1 is 1.07 bits per heavy atom. The molecule has 0 fully saturated rings. The predicted octanol–water partition coefficient (Wildman–Crippen LogP) is 3.12. The van der Waals surface area contributed by atoms with Gasteiger partial charge in [0.1, 0.15) is 0 Å². The van der Waals surface area contributed by atoms with Crippen LogP contribution in [0.15, 0.2) is 11.2 Å². The Morgan fingerprint density at radius 3 is 2.14 bits per heavy atom. The number of oxime groups is 1. The second-order valence-electron chi connectivity index (χ2n) is 3.82. The lowest BCUT2D eigenvalue weighted by Crippen LogP contribution is -2.04. The Kier molecular flexibility index (Phi) is 2.94. The summed E-state index contributed by atoms with van der Waals surface area (Å²) in [7, 11) is 0. The molecule has 0 saturated carbocycles. The van der Waals surface area contributed by atoms with Crippen LogP contribution in [0.4, 0.5) is 0 Å². The summed E-state index contributed by atoms with van der Waals surface area (Å²) in [5, 5.41) is 12.1. The molecule has 0 bridgehead atoms. The van der Waals surface area contributed by atoms with Crippen LogP contribution in [-0.4, -0.2) is 10.9 Å². The van der Waals surface area contributed by atoms with Crippen LogP contribution in [0.5, 0.6) is 0 Å². The van der Waals surface area contributed by atoms with Crippen LogP contribution in [0, 0.1) is 27.7 Å². The van der Waals surface area contributed by atoms with Crippen LogP contribution in [0.2, 0.25) is 0 Å². The summed E-state index contributed by atoms with van der Waals surface area (Å²) in [6.45, 7) is 10.1. The molecule has 0 aliphatic rings. The molecule has 0 aliphatic heterocycles. The molecule has 0 radical (unpaired) electrons. The third kappa shape index (κ3) is 1.65. The maximum absolute atomic E-state index is 8.79. The van der Waals surface area contributed by atoms with E-state index in [1.807, 2.05) is 13.8 Å². The van der Waals surface area contributed by atoms with Gasteiger partial charge in [0.25, 0.3) is 0 Å². The molecule has 0 aliphatic carbocycles. The molecule has 0 unspecified atom stereocenters. The molecular weight excluding hydrogens is 174 g/mol. The lowest BCUT2D eigenvalue weighted by Gasteiger charge is -2.13. The van der Waals surface area contributed by atoms with Gasteiger partial charge in [-0.25, -0.2) is 0 Å². The summed E-state index contributed by atoms with van der Waals surface area (Å²) in [5.74, 6) is 0. The average molecular weight is 191 g/mol. The van der Waals surface area contributed by atoms with Gasteiger partial charge < -0.3 is 5.21 Å². The maximum Gasteiger partial charge on any atom is 0.0842 e. The van der Waals surface area contributed by atoms with Gasteiger partial charge in [-0.2, -0.15) is 0 Å². The van der Waals surface area contributed by atoms with Gasteiger partial charge in [-0.1, -0.05) is 11.2 Å². The highest BCUT2D eigenvalue weighted by molar-refractivity contribution is 6.01. The molecule has 2 heteroatoms. The van der Waals surface area contributed by atoms with Crippen LogP contribution in [0.3, 0.4) is 0 Å². The van der Waals surface area contributed by atoms with E-state index in [-0.39, 0.29) is 0 Å². The van der Waals surface area contributed by atoms with Crippen LogP contribution in [0.25, 0.3) is 0 Å². The summed E-state index contributed by atoms with van der Waals surface area (Å²) >= 11 is 0. The fourth-order valence-corrected chi connectivity index (χ4v) is 1.89. The van der Waals surface area contributed by atoms with E-state index in [4.69, 9.17) is 5.21 Å². The van der Waals surface area contributed by atoms with E-state index >= 15 is 0 Å². The normalized spacial score (nSPS) is 11.9. The first-order chi connectivity index (χ1) is 6.49. The van der Waals surface area contributed by atoms with Crippen molar-refractivity contribution < 1.29 is 5.21 Å². The Labute approximate surface area is 85.3 Å². The van der Waals surface area contributed by atoms with Crippen molar-refractivity contribution in [3.63, 3.8) is 0 Å². The first kappa shape index (κ1) is 10.8. The van der Waals surface area contributed by atoms with Crippen molar-refractivity contribution in [2.75, 3.05) is 0 Å². The lowest BCUT2D eigenvalue weighted by molar-refractivity contribution is 0.319. The lowest BCUT2D eigenvalue weighted by atomic mass is 9.92. The first-order valence-electron chi connectivity index (χ1n) is 4.75. The van der Waals surface area contributed by atoms with Crippen molar-refractivity contribution >= 4 is 5.71 Å². The number of hydrogen-bond acceptors (Lipinski definition) is 2. The van der Waals surface area contributed by atoms with E-state index in [9.17, 15) is 0 Å². The zero-order valence-corrected chi connectivity index (χ0v) is 9.47. The van der Waals surface area contributed by atoms with Gasteiger partial charge in [-0.15, -0.1) is 0 Å². The van der Waals surface area contributed by atoms with Crippen molar-refractivity contribution in [3.05, 3.63) is 33.9 Å². The fraction of sp³-hybridized carbons (Fsp3) is 0.417. The molecule has 0 atom stereocenters. The number of aryl methyl sites for hydroxylation is 2. The monoisotopic (exact) mass is 191 g/mol. The Balaban J connectivity index is 3.52. The van der Waals surface area contributed by atoms with Gasteiger partial charge in [-0.3, -0.25) is 0 Å². The molecule has 0 spiro atoms. The molecule has 0 saturated heterocycles. The highest BCUT2D eigenvalue weighted by atomic mass is 16.4. The molecule has 76 valence electrons. The number of benzene rings is 1. The second kappa shape index (κ2) is 3.82. The maximum atomic E-state index is 8.79. The molecule has 1 rings (SSSR count). The molecule has 2 nitrogen and oxygen atoms in total. The summed E-state index contributed by atoms with van der Waals surface area (Å²) in [4.78, 5) is 0. The van der Waals surface area contributed by atoms with Crippen molar-refractivity contribution in [1.29, 1.82) is 0 Å². The van der Waals surface area contributed by atoms with E-state index in [1.54, 1.807) is 0 Å². The highest BCUT2D eigenvalue weighted by Crippen LogP contribution is 2.21. The summed E-state index contributed by atoms with van der Waals surface area (Å²) in [5.41, 5.74) is 6.68. The molecule has 1 aromatic rings. The molecule has 0 amide bonds. The van der Waals surface area contributed by atoms with E-state index in [2.05, 4.69) is 32.0 Å². The van der Waals surface area contributed by atoms with Crippen molar-refractivity contribution in [3.8, 4) is 0 Å². The third-order valence-corrected chi connectivity index (χ3v) is 2.87. The smallest absolute Gasteiger partial charge is 0.0842 e. The van der Waals surface area contributed by atoms with Gasteiger partial charge in [0.2, 0.25) is 0 Å². The van der Waals surface area contributed by atoms with Crippen molar-refractivity contribution in [2.45, 2.75) is 34.6 Å². The predicted molar refractivity (Wildman–Crippen MR) is 59.4 cm³/mol. The van der Waals surface area contributed by atoms with Gasteiger partial charge >= 0.3 is 0 Å². The minimum Gasteiger partial charge on any atom is -0.411 e. The Hall–Kier alpha value is -1.31. The molecule has 1 N–H and O–H groups in total. The van der Waals surface area contributed by atoms with Crippen LogP contribution in [0.1, 0.15) is 34.7 Å². The topological polar surface area (TPSA) is 32.6 Å². The van der Waals surface area contributed by atoms with E-state index < -0.39 is 0 Å². The standard InChI is InChI=1S/C12H17NO/c1-7-6-8(2)12(11(5)13-14)10(4)9(7)3/h6,14H,1-5H3/b13-11+. The van der Waals surface area contributed by atoms with Crippen LogP contribution < -0.4 is 0 Å². The van der Waals surface area contributed by atoms with E-state index in [1.165, 1.54) is 22.3 Å². The molecular formula is C12H17NO. The van der Waals surface area contributed by atoms with Crippen molar-refractivity contribution in [2.24, 2.45) is 5.16 Å². The van der Waals surface area contributed by atoms with Crippen LogP contribution >= 0.6 is 0 Å². The minimum absolute atomic E-state index is 0.683. The van der Waals surface area contributed by atoms with Gasteiger partial charge in [0.05, 0.1) is 5.71 Å². The first-order valence-corrected chi connectivity index (χ1v) is 4.75. The molecule has 0 heterocycles. The zero-order valence-electron chi connectivity index (χ0n) is 9.47. The third-order valence-electron chi connectivity index (χ3n) is 2.87. The minimum atomic E-state index is 0.683. The van der Waals surface area contributed by atoms with Gasteiger partial charge in [0, 0.05) is 5.56 Å². The summed E-state index contributed by atoms with van der Waals surface area (Å²) < 4.78 is 0. The van der Waals surface area contributed by atoms with E-state index in [0.717, 1.165) is 5.56 Å². The number of hydrogen-bond donors (Lipinski definition) is 1. The Morgan fingerprint density at radius 2 is 1.64 bits per heavy atom. The second-order valence-corrected chi connectivity index (χ2v) is 3.82.